The number of aromatic amines is 1. The van der Waals surface area contributed by atoms with Gasteiger partial charge in [0.25, 0.3) is 5.91 Å². The molecular formula is C34H51N5O7. The van der Waals surface area contributed by atoms with E-state index in [1.54, 1.807) is 6.20 Å². The van der Waals surface area contributed by atoms with Crippen LogP contribution in [0.5, 0.6) is 0 Å². The highest BCUT2D eigenvalue weighted by Gasteiger charge is 2.48. The largest absolute Gasteiger partial charge is 0.480 e. The number of rotatable bonds is 11. The fraction of sp³-hybridized carbons (Fsp3) is 0.618. The number of nitrogens with one attached hydrogen (secondary N) is 1. The van der Waals surface area contributed by atoms with Crippen LogP contribution < -0.4 is 5.73 Å². The number of hydrogen-bond acceptors (Lipinski definition) is 7. The van der Waals surface area contributed by atoms with Gasteiger partial charge in [0.05, 0.1) is 13.2 Å². The average Bonchev–Trinajstić information content (AvgIpc) is 3.39. The number of para-hydroxylation sites is 1. The van der Waals surface area contributed by atoms with Gasteiger partial charge in [-0.15, -0.1) is 0 Å². The summed E-state index contributed by atoms with van der Waals surface area (Å²) in [6, 6.07) is 2.23. The number of fused-ring (bicyclic) bond motifs is 1. The minimum absolute atomic E-state index is 0.00704. The Morgan fingerprint density at radius 3 is 2.33 bits per heavy atom. The molecular weight excluding hydrogens is 590 g/mol. The summed E-state index contributed by atoms with van der Waals surface area (Å²) in [5.41, 5.74) is 6.66. The highest BCUT2D eigenvalue weighted by atomic mass is 16.5. The number of nitrogens with two attached hydrogens (primary N) is 1. The number of carbonyl (C=O) groups excluding carboxylic acids is 4. The second-order valence-electron chi connectivity index (χ2n) is 14.0. The molecule has 3 rings (SSSR count). The summed E-state index contributed by atoms with van der Waals surface area (Å²) >= 11 is 0. The fourth-order valence-electron chi connectivity index (χ4n) is 6.24. The number of aromatic nitrogens is 1. The zero-order chi connectivity index (χ0) is 34.4. The molecule has 0 bridgehead atoms. The first-order valence-corrected chi connectivity index (χ1v) is 16.1. The van der Waals surface area contributed by atoms with Crippen molar-refractivity contribution < 1.29 is 33.8 Å². The number of H-pyrrole nitrogens is 1. The topological polar surface area (TPSA) is 166 Å². The quantitative estimate of drug-likeness (QED) is 0.297. The van der Waals surface area contributed by atoms with E-state index in [1.807, 2.05) is 65.8 Å². The van der Waals surface area contributed by atoms with Crippen LogP contribution in [-0.2, 0) is 25.5 Å². The van der Waals surface area contributed by atoms with Crippen molar-refractivity contribution in [1.29, 1.82) is 0 Å². The first-order chi connectivity index (χ1) is 21.5. The SMILES string of the molecule is CCCC[C@H](C(=O)O)N(C(=O)[C@H](Cc1c[nH]c2ccccc12)N(C(=O)OC)C(=O)[C@@H](N)CC(C)(C)C)C(=O)N1CCCCC1(C)C. The molecule has 1 fully saturated rings. The fourth-order valence-corrected chi connectivity index (χ4v) is 6.24. The van der Waals surface area contributed by atoms with Crippen molar-refractivity contribution in [3.63, 3.8) is 0 Å². The molecule has 2 aromatic rings. The van der Waals surface area contributed by atoms with E-state index in [9.17, 15) is 29.1 Å². The van der Waals surface area contributed by atoms with Crippen LogP contribution in [0.15, 0.2) is 30.5 Å². The number of unbranched alkanes of at least 4 members (excludes halogenated alkanes) is 1. The Hall–Kier alpha value is -3.93. The Balaban J connectivity index is 2.25. The molecule has 0 saturated carbocycles. The minimum Gasteiger partial charge on any atom is -0.480 e. The molecule has 1 saturated heterocycles. The maximum absolute atomic E-state index is 14.9. The molecule has 3 atom stereocenters. The molecule has 46 heavy (non-hydrogen) atoms. The third kappa shape index (κ3) is 8.45. The van der Waals surface area contributed by atoms with E-state index in [0.29, 0.717) is 42.7 Å². The van der Waals surface area contributed by atoms with Gasteiger partial charge in [0.15, 0.2) is 0 Å². The zero-order valence-corrected chi connectivity index (χ0v) is 28.3. The molecule has 4 N–H and O–H groups in total. The molecule has 1 aromatic heterocycles. The lowest BCUT2D eigenvalue weighted by Crippen LogP contribution is -2.65. The van der Waals surface area contributed by atoms with Gasteiger partial charge in [-0.05, 0) is 63.0 Å². The van der Waals surface area contributed by atoms with E-state index in [4.69, 9.17) is 10.5 Å². The lowest BCUT2D eigenvalue weighted by molar-refractivity contribution is -0.152. The molecule has 0 aliphatic carbocycles. The van der Waals surface area contributed by atoms with Crippen molar-refractivity contribution in [3.05, 3.63) is 36.0 Å². The van der Waals surface area contributed by atoms with Gasteiger partial charge < -0.3 is 25.5 Å². The van der Waals surface area contributed by atoms with Crippen molar-refractivity contribution in [3.8, 4) is 0 Å². The smallest absolute Gasteiger partial charge is 0.417 e. The van der Waals surface area contributed by atoms with Crippen LogP contribution in [0.4, 0.5) is 9.59 Å². The van der Waals surface area contributed by atoms with Gasteiger partial charge in [0.1, 0.15) is 12.1 Å². The summed E-state index contributed by atoms with van der Waals surface area (Å²) in [6.07, 6.45) is 3.83. The molecule has 12 nitrogen and oxygen atoms in total. The number of ether oxygens (including phenoxy) is 1. The van der Waals surface area contributed by atoms with Gasteiger partial charge in [0.2, 0.25) is 5.91 Å². The van der Waals surface area contributed by atoms with Crippen LogP contribution >= 0.6 is 0 Å². The number of hydrogen-bond donors (Lipinski definition) is 3. The van der Waals surface area contributed by atoms with Crippen molar-refractivity contribution in [2.24, 2.45) is 11.1 Å². The van der Waals surface area contributed by atoms with Crippen LogP contribution in [-0.4, -0.2) is 92.0 Å². The molecule has 1 aliphatic heterocycles. The van der Waals surface area contributed by atoms with Crippen molar-refractivity contribution in [2.45, 2.75) is 117 Å². The highest BCUT2D eigenvalue weighted by Crippen LogP contribution is 2.31. The Morgan fingerprint density at radius 2 is 1.74 bits per heavy atom. The van der Waals surface area contributed by atoms with Gasteiger partial charge in [0, 0.05) is 35.6 Å². The van der Waals surface area contributed by atoms with Gasteiger partial charge in [-0.2, -0.15) is 0 Å². The number of piperidine rings is 1. The number of benzene rings is 1. The third-order valence-corrected chi connectivity index (χ3v) is 8.70. The highest BCUT2D eigenvalue weighted by molar-refractivity contribution is 6.06. The number of nitrogens with zero attached hydrogens (tertiary/aromatic N) is 3. The molecule has 0 unspecified atom stereocenters. The van der Waals surface area contributed by atoms with Gasteiger partial charge >= 0.3 is 18.1 Å². The molecule has 254 valence electrons. The Labute approximate surface area is 271 Å². The summed E-state index contributed by atoms with van der Waals surface area (Å²) in [6.45, 7) is 11.7. The molecule has 2 heterocycles. The van der Waals surface area contributed by atoms with Crippen LogP contribution in [0.2, 0.25) is 0 Å². The monoisotopic (exact) mass is 641 g/mol. The predicted octanol–water partition coefficient (Wildman–Crippen LogP) is 5.29. The first kappa shape index (κ1) is 36.5. The van der Waals surface area contributed by atoms with E-state index in [1.165, 1.54) is 4.90 Å². The van der Waals surface area contributed by atoms with E-state index < -0.39 is 59.0 Å². The summed E-state index contributed by atoms with van der Waals surface area (Å²) in [5.74, 6) is -3.19. The second-order valence-corrected chi connectivity index (χ2v) is 14.0. The van der Waals surface area contributed by atoms with Crippen molar-refractivity contribution >= 4 is 40.8 Å². The molecule has 1 aromatic carbocycles. The van der Waals surface area contributed by atoms with Crippen molar-refractivity contribution in [2.75, 3.05) is 13.7 Å². The number of carboxylic acid groups (broad SMARTS) is 1. The number of amides is 5. The summed E-state index contributed by atoms with van der Waals surface area (Å²) in [4.78, 5) is 75.9. The predicted molar refractivity (Wildman–Crippen MR) is 175 cm³/mol. The number of carboxylic acids is 1. The number of methoxy groups -OCH3 is 1. The number of aliphatic carboxylic acids is 1. The van der Waals surface area contributed by atoms with E-state index in [0.717, 1.165) is 29.3 Å². The third-order valence-electron chi connectivity index (χ3n) is 8.70. The van der Waals surface area contributed by atoms with Gasteiger partial charge in [-0.25, -0.2) is 24.2 Å². The molecule has 0 radical (unpaired) electrons. The maximum atomic E-state index is 14.9. The Kier molecular flexibility index (Phi) is 12.0. The lowest BCUT2D eigenvalue weighted by Gasteiger charge is -2.46. The number of carbonyl (C=O) groups is 5. The van der Waals surface area contributed by atoms with E-state index in [2.05, 4.69) is 4.98 Å². The van der Waals surface area contributed by atoms with E-state index in [-0.39, 0.29) is 19.3 Å². The van der Waals surface area contributed by atoms with Gasteiger partial charge in [-0.1, -0.05) is 58.7 Å². The van der Waals surface area contributed by atoms with Crippen LogP contribution in [0, 0.1) is 5.41 Å². The Morgan fingerprint density at radius 1 is 1.07 bits per heavy atom. The van der Waals surface area contributed by atoms with Crippen LogP contribution in [0.3, 0.4) is 0 Å². The van der Waals surface area contributed by atoms with Gasteiger partial charge in [-0.3, -0.25) is 9.59 Å². The molecule has 0 spiro atoms. The normalized spacial score (nSPS) is 16.7. The maximum Gasteiger partial charge on any atom is 0.417 e. The minimum atomic E-state index is -1.63. The lowest BCUT2D eigenvalue weighted by atomic mass is 9.87. The number of urea groups is 1. The number of imide groups is 2. The first-order valence-electron chi connectivity index (χ1n) is 16.1. The molecule has 12 heteroatoms. The molecule has 5 amide bonds. The van der Waals surface area contributed by atoms with Crippen molar-refractivity contribution in [1.82, 2.24) is 19.7 Å². The average molecular weight is 642 g/mol. The van der Waals surface area contributed by atoms with Crippen LogP contribution in [0.25, 0.3) is 10.9 Å². The molecule has 1 aliphatic rings. The number of likely N-dealkylation sites (tertiary alicyclic amines) is 1. The summed E-state index contributed by atoms with van der Waals surface area (Å²) < 4.78 is 5.03. The van der Waals surface area contributed by atoms with E-state index >= 15 is 0 Å². The zero-order valence-electron chi connectivity index (χ0n) is 28.3. The van der Waals surface area contributed by atoms with Crippen LogP contribution in [0.1, 0.15) is 92.1 Å². The summed E-state index contributed by atoms with van der Waals surface area (Å²) in [7, 11) is 1.09. The second kappa shape index (κ2) is 15.1. The standard InChI is InChI=1S/C34H51N5O7/c1-8-9-16-26(30(42)43)38(31(44)37-18-13-12-17-34(37,5)6)29(41)27(19-22-21-36-25-15-11-10-14-23(22)25)39(32(45)46-7)28(40)24(35)20-33(2,3)4/h10-11,14-15,21,24,26-27,36H,8-9,12-13,16-20,35H2,1-7H3,(H,42,43)/t24-,26+,27-/m0/s1. The Bertz CT molecular complexity index is 1410. The summed E-state index contributed by atoms with van der Waals surface area (Å²) in [5, 5.41) is 11.2.